The van der Waals surface area contributed by atoms with Gasteiger partial charge in [-0.15, -0.1) is 0 Å². The van der Waals surface area contributed by atoms with E-state index in [0.717, 1.165) is 11.1 Å². The molecule has 0 aliphatic rings. The number of fused-ring (bicyclic) bond motifs is 1. The quantitative estimate of drug-likeness (QED) is 0.420. The van der Waals surface area contributed by atoms with Gasteiger partial charge in [-0.2, -0.15) is 4.98 Å². The summed E-state index contributed by atoms with van der Waals surface area (Å²) >= 11 is 0. The average Bonchev–Trinajstić information content (AvgIpc) is 3.13. The van der Waals surface area contributed by atoms with Gasteiger partial charge in [-0.25, -0.2) is 4.98 Å². The highest BCUT2D eigenvalue weighted by atomic mass is 16.6. The molecule has 0 atom stereocenters. The first kappa shape index (κ1) is 17.3. The summed E-state index contributed by atoms with van der Waals surface area (Å²) in [5, 5.41) is 13.7. The molecule has 0 unspecified atom stereocenters. The summed E-state index contributed by atoms with van der Waals surface area (Å²) < 4.78 is 5.76. The number of pyridine rings is 1. The molecule has 8 nitrogen and oxygen atoms in total. The molecule has 4 rings (SSSR count). The topological polar surface area (TPSA) is 111 Å². The van der Waals surface area contributed by atoms with Gasteiger partial charge in [0.05, 0.1) is 4.92 Å². The maximum Gasteiger partial charge on any atom is 0.270 e. The Kier molecular flexibility index (Phi) is 4.29. The summed E-state index contributed by atoms with van der Waals surface area (Å²) in [5.74, 6) is -0.0409. The molecule has 28 heavy (non-hydrogen) atoms. The fraction of sp³-hybridized carbons (Fsp3) is 0.0500. The lowest BCUT2D eigenvalue weighted by Crippen LogP contribution is -2.13. The lowest BCUT2D eigenvalue weighted by molar-refractivity contribution is -0.384. The van der Waals surface area contributed by atoms with Crippen LogP contribution in [0.4, 0.5) is 11.4 Å². The van der Waals surface area contributed by atoms with Crippen molar-refractivity contribution in [2.24, 2.45) is 0 Å². The van der Waals surface area contributed by atoms with Crippen molar-refractivity contribution in [3.63, 3.8) is 0 Å². The first-order valence-electron chi connectivity index (χ1n) is 8.40. The molecular formula is C20H14N4O4. The lowest BCUT2D eigenvalue weighted by Gasteiger charge is -2.11. The second-order valence-corrected chi connectivity index (χ2v) is 6.08. The Hall–Kier alpha value is -4.07. The molecule has 0 aliphatic carbocycles. The van der Waals surface area contributed by atoms with Gasteiger partial charge in [0.2, 0.25) is 5.89 Å². The van der Waals surface area contributed by atoms with Crippen LogP contribution in [0.1, 0.15) is 15.9 Å². The monoisotopic (exact) mass is 374 g/mol. The fourth-order valence-electron chi connectivity index (χ4n) is 2.84. The van der Waals surface area contributed by atoms with Crippen molar-refractivity contribution in [2.75, 3.05) is 5.32 Å². The van der Waals surface area contributed by atoms with Gasteiger partial charge in [-0.3, -0.25) is 14.9 Å². The number of nitrogens with one attached hydrogen (secondary N) is 1. The van der Waals surface area contributed by atoms with Gasteiger partial charge in [0.1, 0.15) is 0 Å². The fourth-order valence-corrected chi connectivity index (χ4v) is 2.84. The van der Waals surface area contributed by atoms with Crippen LogP contribution in [0.25, 0.3) is 22.7 Å². The van der Waals surface area contributed by atoms with E-state index in [4.69, 9.17) is 4.42 Å². The Balaban J connectivity index is 1.66. The van der Waals surface area contributed by atoms with Gasteiger partial charge in [-0.05, 0) is 42.8 Å². The van der Waals surface area contributed by atoms with Crippen molar-refractivity contribution >= 4 is 28.5 Å². The minimum atomic E-state index is -0.538. The van der Waals surface area contributed by atoms with Crippen LogP contribution in [0, 0.1) is 17.0 Å². The third kappa shape index (κ3) is 3.18. The zero-order valence-electron chi connectivity index (χ0n) is 14.7. The summed E-state index contributed by atoms with van der Waals surface area (Å²) in [4.78, 5) is 31.5. The van der Waals surface area contributed by atoms with E-state index < -0.39 is 10.8 Å². The van der Waals surface area contributed by atoms with Crippen LogP contribution in [0.2, 0.25) is 0 Å². The van der Waals surface area contributed by atoms with Gasteiger partial charge in [0.15, 0.2) is 11.2 Å². The van der Waals surface area contributed by atoms with Crippen molar-refractivity contribution in [3.05, 3.63) is 82.0 Å². The first-order valence-corrected chi connectivity index (χ1v) is 8.40. The standard InChI is InChI=1S/C20H14N4O4/c1-12-15(20-23-18-17(28-20)9-4-10-21-18)7-3-8-16(12)22-19(25)13-5-2-6-14(11-13)24(26)27/h2-11H,1H3,(H,22,25). The number of rotatable bonds is 4. The minimum Gasteiger partial charge on any atom is -0.434 e. The van der Waals surface area contributed by atoms with Crippen LogP contribution < -0.4 is 5.32 Å². The number of hydrogen-bond donors (Lipinski definition) is 1. The van der Waals surface area contributed by atoms with Crippen molar-refractivity contribution in [1.82, 2.24) is 9.97 Å². The van der Waals surface area contributed by atoms with E-state index in [0.29, 0.717) is 22.8 Å². The summed E-state index contributed by atoms with van der Waals surface area (Å²) in [7, 11) is 0. The molecule has 2 aromatic heterocycles. The molecule has 1 N–H and O–H groups in total. The number of anilines is 1. The Morgan fingerprint density at radius 1 is 1.14 bits per heavy atom. The smallest absolute Gasteiger partial charge is 0.270 e. The molecule has 0 radical (unpaired) electrons. The van der Waals surface area contributed by atoms with Crippen LogP contribution in [0.5, 0.6) is 0 Å². The Bertz CT molecular complexity index is 1180. The van der Waals surface area contributed by atoms with Crippen LogP contribution in [0.15, 0.2) is 65.2 Å². The molecule has 0 bridgehead atoms. The predicted molar refractivity (Wildman–Crippen MR) is 103 cm³/mol. The zero-order valence-corrected chi connectivity index (χ0v) is 14.7. The highest BCUT2D eigenvalue weighted by Crippen LogP contribution is 2.30. The highest BCUT2D eigenvalue weighted by molar-refractivity contribution is 6.05. The van der Waals surface area contributed by atoms with Gasteiger partial charge in [-0.1, -0.05) is 12.1 Å². The SMILES string of the molecule is Cc1c(NC(=O)c2cccc([N+](=O)[O-])c2)cccc1-c1nc2ncccc2o1. The molecule has 2 heterocycles. The van der Waals surface area contributed by atoms with Gasteiger partial charge >= 0.3 is 0 Å². The summed E-state index contributed by atoms with van der Waals surface area (Å²) in [6.07, 6.45) is 1.64. The molecule has 0 aliphatic heterocycles. The maximum atomic E-state index is 12.5. The third-order valence-electron chi connectivity index (χ3n) is 4.30. The van der Waals surface area contributed by atoms with Crippen LogP contribution in [-0.2, 0) is 0 Å². The summed E-state index contributed by atoms with van der Waals surface area (Å²) in [6.45, 7) is 1.83. The van der Waals surface area contributed by atoms with Gasteiger partial charge in [0.25, 0.3) is 11.6 Å². The Morgan fingerprint density at radius 2 is 1.96 bits per heavy atom. The van der Waals surface area contributed by atoms with Crippen LogP contribution in [-0.4, -0.2) is 20.8 Å². The number of carbonyl (C=O) groups is 1. The number of nitro groups is 1. The van der Waals surface area contributed by atoms with Gasteiger partial charge in [0, 0.05) is 35.1 Å². The van der Waals surface area contributed by atoms with E-state index in [1.165, 1.54) is 24.3 Å². The molecule has 0 spiro atoms. The molecule has 138 valence electrons. The molecule has 0 saturated carbocycles. The van der Waals surface area contributed by atoms with Crippen molar-refractivity contribution in [2.45, 2.75) is 6.92 Å². The summed E-state index contributed by atoms with van der Waals surface area (Å²) in [6, 6.07) is 14.5. The van der Waals surface area contributed by atoms with E-state index in [-0.39, 0.29) is 11.3 Å². The maximum absolute atomic E-state index is 12.5. The average molecular weight is 374 g/mol. The number of nitro benzene ring substituents is 1. The Labute approximate surface area is 159 Å². The second kappa shape index (κ2) is 6.92. The number of amides is 1. The van der Waals surface area contributed by atoms with E-state index in [1.807, 2.05) is 13.0 Å². The predicted octanol–water partition coefficient (Wildman–Crippen LogP) is 4.36. The molecule has 2 aromatic carbocycles. The summed E-state index contributed by atoms with van der Waals surface area (Å²) in [5.41, 5.74) is 3.17. The minimum absolute atomic E-state index is 0.142. The number of non-ortho nitro benzene ring substituents is 1. The third-order valence-corrected chi connectivity index (χ3v) is 4.30. The van der Waals surface area contributed by atoms with Gasteiger partial charge < -0.3 is 9.73 Å². The van der Waals surface area contributed by atoms with Crippen molar-refractivity contribution in [1.29, 1.82) is 0 Å². The number of nitrogens with zero attached hydrogens (tertiary/aromatic N) is 3. The molecule has 0 saturated heterocycles. The molecule has 4 aromatic rings. The lowest BCUT2D eigenvalue weighted by atomic mass is 10.1. The zero-order chi connectivity index (χ0) is 19.7. The van der Waals surface area contributed by atoms with Crippen molar-refractivity contribution < 1.29 is 14.1 Å². The number of aromatic nitrogens is 2. The normalized spacial score (nSPS) is 10.8. The number of hydrogen-bond acceptors (Lipinski definition) is 6. The van der Waals surface area contributed by atoms with E-state index in [2.05, 4.69) is 15.3 Å². The number of benzene rings is 2. The van der Waals surface area contributed by atoms with Crippen LogP contribution >= 0.6 is 0 Å². The highest BCUT2D eigenvalue weighted by Gasteiger charge is 2.16. The largest absolute Gasteiger partial charge is 0.434 e. The Morgan fingerprint density at radius 3 is 2.75 bits per heavy atom. The van der Waals surface area contributed by atoms with E-state index >= 15 is 0 Å². The van der Waals surface area contributed by atoms with Crippen molar-refractivity contribution in [3.8, 4) is 11.5 Å². The van der Waals surface area contributed by atoms with E-state index in [9.17, 15) is 14.9 Å². The molecule has 8 heteroatoms. The van der Waals surface area contributed by atoms with Crippen LogP contribution in [0.3, 0.4) is 0 Å². The first-order chi connectivity index (χ1) is 13.5. The molecular weight excluding hydrogens is 360 g/mol. The molecule has 0 fully saturated rings. The number of oxazole rings is 1. The molecule has 1 amide bonds. The van der Waals surface area contributed by atoms with E-state index in [1.54, 1.807) is 30.5 Å². The second-order valence-electron chi connectivity index (χ2n) is 6.08. The number of carbonyl (C=O) groups excluding carboxylic acids is 1.